The number of imidazole rings is 1. The van der Waals surface area contributed by atoms with E-state index in [1.807, 2.05) is 0 Å². The van der Waals surface area contributed by atoms with Gasteiger partial charge in [-0.25, -0.2) is 9.78 Å². The summed E-state index contributed by atoms with van der Waals surface area (Å²) in [4.78, 5) is 14.5. The molecule has 0 aliphatic heterocycles. The maximum Gasteiger partial charge on any atom is 0.434 e. The molecule has 0 unspecified atom stereocenters. The van der Waals surface area contributed by atoms with Crippen LogP contribution in [-0.4, -0.2) is 20.6 Å². The highest BCUT2D eigenvalue weighted by Gasteiger charge is 2.35. The van der Waals surface area contributed by atoms with E-state index < -0.39 is 23.9 Å². The van der Waals surface area contributed by atoms with Crippen LogP contribution in [-0.2, 0) is 11.0 Å². The lowest BCUT2D eigenvalue weighted by atomic mass is 9.98. The molecular formula is C12H15F3N2O2. The molecule has 0 aromatic carbocycles. The van der Waals surface area contributed by atoms with Gasteiger partial charge >= 0.3 is 12.1 Å². The minimum Gasteiger partial charge on any atom is -0.480 e. The fourth-order valence-corrected chi connectivity index (χ4v) is 2.57. The van der Waals surface area contributed by atoms with Crippen LogP contribution in [0.3, 0.4) is 0 Å². The second-order valence-electron chi connectivity index (χ2n) is 4.94. The average molecular weight is 276 g/mol. The zero-order valence-corrected chi connectivity index (χ0v) is 10.2. The standard InChI is InChI=1S/C12H15F3N2O2/c13-12(14,15)10-6-17(7-16-10)9(11(18)19)5-8-3-1-2-4-8/h6-9H,1-5H2,(H,18,19)/t9-/m0/s1. The molecular weight excluding hydrogens is 261 g/mol. The molecule has 2 rings (SSSR count). The normalized spacial score (nSPS) is 18.7. The van der Waals surface area contributed by atoms with E-state index in [2.05, 4.69) is 4.98 Å². The predicted octanol–water partition coefficient (Wildman–Crippen LogP) is 3.11. The zero-order chi connectivity index (χ0) is 14.0. The molecule has 19 heavy (non-hydrogen) atoms. The van der Waals surface area contributed by atoms with Crippen LogP contribution in [0.1, 0.15) is 43.8 Å². The molecule has 1 fully saturated rings. The summed E-state index contributed by atoms with van der Waals surface area (Å²) in [6, 6.07) is -0.966. The number of carboxylic acids is 1. The first-order chi connectivity index (χ1) is 8.88. The fourth-order valence-electron chi connectivity index (χ4n) is 2.57. The molecule has 1 atom stereocenters. The lowest BCUT2D eigenvalue weighted by Gasteiger charge is -2.17. The molecule has 1 heterocycles. The smallest absolute Gasteiger partial charge is 0.434 e. The molecule has 106 valence electrons. The maximum absolute atomic E-state index is 12.4. The van der Waals surface area contributed by atoms with Crippen molar-refractivity contribution < 1.29 is 23.1 Å². The summed E-state index contributed by atoms with van der Waals surface area (Å²) in [5.41, 5.74) is -1.05. The highest BCUT2D eigenvalue weighted by atomic mass is 19.4. The Bertz CT molecular complexity index is 450. The first-order valence-corrected chi connectivity index (χ1v) is 6.21. The number of rotatable bonds is 4. The Kier molecular flexibility index (Phi) is 3.82. The van der Waals surface area contributed by atoms with Crippen LogP contribution in [0.15, 0.2) is 12.5 Å². The highest BCUT2D eigenvalue weighted by Crippen LogP contribution is 2.33. The van der Waals surface area contributed by atoms with Gasteiger partial charge in [-0.05, 0) is 12.3 Å². The van der Waals surface area contributed by atoms with Gasteiger partial charge < -0.3 is 9.67 Å². The van der Waals surface area contributed by atoms with E-state index in [-0.39, 0.29) is 5.92 Å². The third-order valence-corrected chi connectivity index (χ3v) is 3.57. The van der Waals surface area contributed by atoms with Gasteiger partial charge in [0.15, 0.2) is 5.69 Å². The van der Waals surface area contributed by atoms with Crippen LogP contribution in [0.25, 0.3) is 0 Å². The molecule has 1 aromatic heterocycles. The lowest BCUT2D eigenvalue weighted by molar-refractivity contribution is -0.143. The van der Waals surface area contributed by atoms with Gasteiger partial charge in [-0.2, -0.15) is 13.2 Å². The minimum absolute atomic E-state index is 0.276. The van der Waals surface area contributed by atoms with Crippen LogP contribution in [0, 0.1) is 5.92 Å². The summed E-state index contributed by atoms with van der Waals surface area (Å²) >= 11 is 0. The van der Waals surface area contributed by atoms with E-state index in [0.717, 1.165) is 42.8 Å². The SMILES string of the molecule is O=C(O)[C@H](CC1CCCC1)n1cnc(C(F)(F)F)c1. The number of hydrogen-bond acceptors (Lipinski definition) is 2. The van der Waals surface area contributed by atoms with Gasteiger partial charge in [0.2, 0.25) is 0 Å². The van der Waals surface area contributed by atoms with E-state index in [9.17, 15) is 18.0 Å². The van der Waals surface area contributed by atoms with Gasteiger partial charge in [-0.15, -0.1) is 0 Å². The van der Waals surface area contributed by atoms with E-state index in [0.29, 0.717) is 6.42 Å². The quantitative estimate of drug-likeness (QED) is 0.919. The molecule has 1 N–H and O–H groups in total. The summed E-state index contributed by atoms with van der Waals surface area (Å²) in [5.74, 6) is -0.837. The number of halogens is 3. The molecule has 0 bridgehead atoms. The van der Waals surface area contributed by atoms with Crippen LogP contribution in [0.2, 0.25) is 0 Å². The van der Waals surface area contributed by atoms with Gasteiger partial charge in [-0.1, -0.05) is 25.7 Å². The van der Waals surface area contributed by atoms with Crippen molar-refractivity contribution in [2.24, 2.45) is 5.92 Å². The summed E-state index contributed by atoms with van der Waals surface area (Å²) in [7, 11) is 0. The van der Waals surface area contributed by atoms with Crippen molar-refractivity contribution in [3.63, 3.8) is 0 Å². The number of nitrogens with zero attached hydrogens (tertiary/aromatic N) is 2. The third-order valence-electron chi connectivity index (χ3n) is 3.57. The Labute approximate surface area is 108 Å². The minimum atomic E-state index is -4.54. The van der Waals surface area contributed by atoms with Gasteiger partial charge in [0, 0.05) is 6.20 Å². The summed E-state index contributed by atoms with van der Waals surface area (Å²) in [5, 5.41) is 9.17. The van der Waals surface area contributed by atoms with E-state index in [1.165, 1.54) is 0 Å². The largest absolute Gasteiger partial charge is 0.480 e. The van der Waals surface area contributed by atoms with Crippen molar-refractivity contribution in [2.45, 2.75) is 44.3 Å². The summed E-state index contributed by atoms with van der Waals surface area (Å²) < 4.78 is 38.4. The van der Waals surface area contributed by atoms with Crippen LogP contribution in [0.4, 0.5) is 13.2 Å². The first-order valence-electron chi connectivity index (χ1n) is 6.21. The maximum atomic E-state index is 12.4. The van der Waals surface area contributed by atoms with Gasteiger partial charge in [0.05, 0.1) is 6.33 Å². The number of alkyl halides is 3. The van der Waals surface area contributed by atoms with Crippen LogP contribution >= 0.6 is 0 Å². The first kappa shape index (κ1) is 13.9. The Hall–Kier alpha value is -1.53. The van der Waals surface area contributed by atoms with Crippen molar-refractivity contribution in [1.29, 1.82) is 0 Å². The molecule has 0 amide bonds. The Morgan fingerprint density at radius 2 is 2.11 bits per heavy atom. The lowest BCUT2D eigenvalue weighted by Crippen LogP contribution is -2.20. The Balaban J connectivity index is 2.14. The monoisotopic (exact) mass is 276 g/mol. The number of aliphatic carboxylic acids is 1. The van der Waals surface area contributed by atoms with E-state index in [1.54, 1.807) is 0 Å². The number of carbonyl (C=O) groups is 1. The van der Waals surface area contributed by atoms with Gasteiger partial charge in [-0.3, -0.25) is 0 Å². The van der Waals surface area contributed by atoms with Gasteiger partial charge in [0.1, 0.15) is 6.04 Å². The van der Waals surface area contributed by atoms with Crippen molar-refractivity contribution >= 4 is 5.97 Å². The summed E-state index contributed by atoms with van der Waals surface area (Å²) in [6.45, 7) is 0. The predicted molar refractivity (Wildman–Crippen MR) is 60.5 cm³/mol. The number of aromatic nitrogens is 2. The Morgan fingerprint density at radius 3 is 2.58 bits per heavy atom. The zero-order valence-electron chi connectivity index (χ0n) is 10.2. The molecule has 0 spiro atoms. The van der Waals surface area contributed by atoms with E-state index in [4.69, 9.17) is 5.11 Å². The van der Waals surface area contributed by atoms with Crippen LogP contribution in [0.5, 0.6) is 0 Å². The second kappa shape index (κ2) is 5.22. The molecule has 0 radical (unpaired) electrons. The molecule has 7 heteroatoms. The highest BCUT2D eigenvalue weighted by molar-refractivity contribution is 5.71. The van der Waals surface area contributed by atoms with Crippen LogP contribution < -0.4 is 0 Å². The van der Waals surface area contributed by atoms with Gasteiger partial charge in [0.25, 0.3) is 0 Å². The molecule has 1 aliphatic rings. The Morgan fingerprint density at radius 1 is 1.47 bits per heavy atom. The molecule has 0 saturated heterocycles. The second-order valence-corrected chi connectivity index (χ2v) is 4.94. The number of carboxylic acid groups (broad SMARTS) is 1. The number of hydrogen-bond donors (Lipinski definition) is 1. The topological polar surface area (TPSA) is 55.1 Å². The average Bonchev–Trinajstić information content (AvgIpc) is 2.95. The van der Waals surface area contributed by atoms with Crippen molar-refractivity contribution in [1.82, 2.24) is 9.55 Å². The van der Waals surface area contributed by atoms with Crippen molar-refractivity contribution in [3.05, 3.63) is 18.2 Å². The summed E-state index contributed by atoms with van der Waals surface area (Å²) in [6.07, 6.45) is 1.58. The molecule has 4 nitrogen and oxygen atoms in total. The van der Waals surface area contributed by atoms with E-state index >= 15 is 0 Å². The molecule has 1 saturated carbocycles. The van der Waals surface area contributed by atoms with Crippen molar-refractivity contribution in [3.8, 4) is 0 Å². The molecule has 1 aliphatic carbocycles. The third kappa shape index (κ3) is 3.27. The molecule has 1 aromatic rings. The van der Waals surface area contributed by atoms with Crippen molar-refractivity contribution in [2.75, 3.05) is 0 Å². The fraction of sp³-hybridized carbons (Fsp3) is 0.667.